The molecule has 0 unspecified atom stereocenters. The fourth-order valence-electron chi connectivity index (χ4n) is 1.57. The first-order chi connectivity index (χ1) is 9.65. The molecule has 6 nitrogen and oxygen atoms in total. The summed E-state index contributed by atoms with van der Waals surface area (Å²) in [5, 5.41) is 5.80. The maximum absolute atomic E-state index is 11.7. The Morgan fingerprint density at radius 3 is 2.40 bits per heavy atom. The quantitative estimate of drug-likeness (QED) is 0.479. The average molecular weight is 279 g/mol. The first kappa shape index (κ1) is 16.1. The van der Waals surface area contributed by atoms with Gasteiger partial charge in [0.2, 0.25) is 5.91 Å². The van der Waals surface area contributed by atoms with Gasteiger partial charge in [0.25, 0.3) is 0 Å². The van der Waals surface area contributed by atoms with Crippen molar-refractivity contribution in [3.05, 3.63) is 29.8 Å². The summed E-state index contributed by atoms with van der Waals surface area (Å²) >= 11 is 0. The third-order valence-corrected chi connectivity index (χ3v) is 2.74. The van der Waals surface area contributed by atoms with E-state index in [0.717, 1.165) is 11.3 Å². The van der Waals surface area contributed by atoms with Gasteiger partial charge < -0.3 is 21.1 Å². The van der Waals surface area contributed by atoms with Gasteiger partial charge in [0.15, 0.2) is 0 Å². The zero-order chi connectivity index (χ0) is 14.8. The molecule has 0 atom stereocenters. The molecule has 4 N–H and O–H groups in total. The maximum atomic E-state index is 11.7. The van der Waals surface area contributed by atoms with Crippen LogP contribution in [0.2, 0.25) is 0 Å². The summed E-state index contributed by atoms with van der Waals surface area (Å²) in [7, 11) is 1.35. The topological polar surface area (TPSA) is 93.4 Å². The molecule has 0 bridgehead atoms. The second-order valence-electron chi connectivity index (χ2n) is 4.28. The van der Waals surface area contributed by atoms with E-state index < -0.39 is 0 Å². The number of carbonyl (C=O) groups is 2. The minimum atomic E-state index is -0.262. The number of carbonyl (C=O) groups excluding carboxylic acids is 2. The van der Waals surface area contributed by atoms with E-state index in [4.69, 9.17) is 5.73 Å². The largest absolute Gasteiger partial charge is 0.469 e. The summed E-state index contributed by atoms with van der Waals surface area (Å²) in [5.74, 6) is -0.335. The van der Waals surface area contributed by atoms with Gasteiger partial charge in [-0.1, -0.05) is 12.1 Å². The lowest BCUT2D eigenvalue weighted by atomic mass is 10.2. The second-order valence-corrected chi connectivity index (χ2v) is 4.28. The molecule has 0 saturated heterocycles. The van der Waals surface area contributed by atoms with Gasteiger partial charge in [-0.25, -0.2) is 0 Å². The molecule has 1 rings (SSSR count). The number of hydrogen-bond acceptors (Lipinski definition) is 5. The van der Waals surface area contributed by atoms with Gasteiger partial charge in [-0.15, -0.1) is 0 Å². The van der Waals surface area contributed by atoms with Crippen LogP contribution in [0, 0.1) is 0 Å². The van der Waals surface area contributed by atoms with Gasteiger partial charge in [-0.2, -0.15) is 0 Å². The molecule has 0 spiro atoms. The molecule has 0 aromatic heterocycles. The highest BCUT2D eigenvalue weighted by Gasteiger charge is 2.03. The van der Waals surface area contributed by atoms with Crippen LogP contribution in [0.1, 0.15) is 18.4 Å². The molecule has 0 fully saturated rings. The maximum Gasteiger partial charge on any atom is 0.306 e. The first-order valence-corrected chi connectivity index (χ1v) is 6.52. The highest BCUT2D eigenvalue weighted by atomic mass is 16.5. The minimum absolute atomic E-state index is 0.0731. The van der Waals surface area contributed by atoms with Crippen LogP contribution < -0.4 is 16.4 Å². The molecular weight excluding hydrogens is 258 g/mol. The minimum Gasteiger partial charge on any atom is -0.469 e. The zero-order valence-electron chi connectivity index (χ0n) is 11.6. The van der Waals surface area contributed by atoms with E-state index in [1.54, 1.807) is 0 Å². The average Bonchev–Trinajstić information content (AvgIpc) is 2.47. The van der Waals surface area contributed by atoms with Crippen molar-refractivity contribution in [2.45, 2.75) is 19.4 Å². The smallest absolute Gasteiger partial charge is 0.306 e. The molecule has 6 heteroatoms. The lowest BCUT2D eigenvalue weighted by molar-refractivity contribution is -0.140. The Bertz CT molecular complexity index is 432. The zero-order valence-corrected chi connectivity index (χ0v) is 11.6. The van der Waals surface area contributed by atoms with Crippen LogP contribution in [0.15, 0.2) is 24.3 Å². The molecule has 0 heterocycles. The van der Waals surface area contributed by atoms with E-state index in [2.05, 4.69) is 15.4 Å². The number of ether oxygens (including phenoxy) is 1. The van der Waals surface area contributed by atoms with Crippen molar-refractivity contribution in [1.82, 2.24) is 5.32 Å². The molecular formula is C14H21N3O3. The Kier molecular flexibility index (Phi) is 7.31. The molecule has 110 valence electrons. The van der Waals surface area contributed by atoms with Gasteiger partial charge in [0.1, 0.15) is 0 Å². The molecule has 1 aromatic rings. The number of nitrogens with two attached hydrogens (primary N) is 1. The Labute approximate surface area is 118 Å². The Morgan fingerprint density at radius 1 is 1.15 bits per heavy atom. The summed E-state index contributed by atoms with van der Waals surface area (Å²) in [6.45, 7) is 1.51. The number of hydrogen-bond donors (Lipinski definition) is 3. The number of rotatable bonds is 8. The van der Waals surface area contributed by atoms with Crippen LogP contribution in [0.25, 0.3) is 0 Å². The van der Waals surface area contributed by atoms with Crippen LogP contribution in [-0.2, 0) is 20.9 Å². The fraction of sp³-hybridized carbons (Fsp3) is 0.429. The standard InChI is InChI=1S/C14H21N3O3/c1-20-14(19)7-9-16-8-6-13(18)17-12-4-2-11(10-15)3-5-12/h2-5,16H,6-10,15H2,1H3,(H,17,18). The third-order valence-electron chi connectivity index (χ3n) is 2.74. The van der Waals surface area contributed by atoms with Crippen LogP contribution >= 0.6 is 0 Å². The monoisotopic (exact) mass is 279 g/mol. The summed E-state index contributed by atoms with van der Waals surface area (Å²) in [5.41, 5.74) is 7.27. The molecule has 1 amide bonds. The molecule has 20 heavy (non-hydrogen) atoms. The second kappa shape index (κ2) is 9.06. The predicted octanol–water partition coefficient (Wildman–Crippen LogP) is 0.627. The van der Waals surface area contributed by atoms with Gasteiger partial charge in [-0.3, -0.25) is 9.59 Å². The van der Waals surface area contributed by atoms with Crippen molar-refractivity contribution in [2.24, 2.45) is 5.73 Å². The highest BCUT2D eigenvalue weighted by molar-refractivity contribution is 5.90. The highest BCUT2D eigenvalue weighted by Crippen LogP contribution is 2.09. The van der Waals surface area contributed by atoms with Gasteiger partial charge >= 0.3 is 5.97 Å². The normalized spacial score (nSPS) is 10.1. The van der Waals surface area contributed by atoms with Crippen LogP contribution in [0.5, 0.6) is 0 Å². The number of anilines is 1. The van der Waals surface area contributed by atoms with Crippen molar-refractivity contribution >= 4 is 17.6 Å². The van der Waals surface area contributed by atoms with Crippen molar-refractivity contribution in [1.29, 1.82) is 0 Å². The number of benzene rings is 1. The van der Waals surface area contributed by atoms with Gasteiger partial charge in [0, 0.05) is 31.7 Å². The van der Waals surface area contributed by atoms with E-state index >= 15 is 0 Å². The van der Waals surface area contributed by atoms with Gasteiger partial charge in [-0.05, 0) is 17.7 Å². The predicted molar refractivity (Wildman–Crippen MR) is 77.1 cm³/mol. The lowest BCUT2D eigenvalue weighted by Gasteiger charge is -2.07. The van der Waals surface area contributed by atoms with E-state index in [0.29, 0.717) is 32.5 Å². The Hall–Kier alpha value is -1.92. The summed E-state index contributed by atoms with van der Waals surface area (Å²) in [6, 6.07) is 7.41. The number of amides is 1. The Balaban J connectivity index is 2.18. The lowest BCUT2D eigenvalue weighted by Crippen LogP contribution is -2.24. The Morgan fingerprint density at radius 2 is 1.80 bits per heavy atom. The SMILES string of the molecule is COC(=O)CCNCCC(=O)Nc1ccc(CN)cc1. The van der Waals surface area contributed by atoms with E-state index in [-0.39, 0.29) is 11.9 Å². The molecule has 0 radical (unpaired) electrons. The van der Waals surface area contributed by atoms with Crippen molar-refractivity contribution in [3.63, 3.8) is 0 Å². The fourth-order valence-corrected chi connectivity index (χ4v) is 1.57. The van der Waals surface area contributed by atoms with Crippen molar-refractivity contribution < 1.29 is 14.3 Å². The molecule has 0 aliphatic rings. The molecule has 0 aliphatic carbocycles. The number of methoxy groups -OCH3 is 1. The summed E-state index contributed by atoms with van der Waals surface area (Å²) in [6.07, 6.45) is 0.651. The molecule has 0 saturated carbocycles. The van der Waals surface area contributed by atoms with Crippen LogP contribution in [0.3, 0.4) is 0 Å². The van der Waals surface area contributed by atoms with Crippen LogP contribution in [-0.4, -0.2) is 32.1 Å². The van der Waals surface area contributed by atoms with E-state index in [9.17, 15) is 9.59 Å². The van der Waals surface area contributed by atoms with E-state index in [1.807, 2.05) is 24.3 Å². The first-order valence-electron chi connectivity index (χ1n) is 6.52. The van der Waals surface area contributed by atoms with Crippen molar-refractivity contribution in [3.8, 4) is 0 Å². The number of esters is 1. The third kappa shape index (κ3) is 6.31. The number of nitrogens with one attached hydrogen (secondary N) is 2. The van der Waals surface area contributed by atoms with Crippen molar-refractivity contribution in [2.75, 3.05) is 25.5 Å². The summed E-state index contributed by atoms with van der Waals surface area (Å²) < 4.78 is 4.51. The van der Waals surface area contributed by atoms with E-state index in [1.165, 1.54) is 7.11 Å². The van der Waals surface area contributed by atoms with Gasteiger partial charge in [0.05, 0.1) is 13.5 Å². The van der Waals surface area contributed by atoms with Crippen LogP contribution in [0.4, 0.5) is 5.69 Å². The molecule has 1 aromatic carbocycles. The molecule has 0 aliphatic heterocycles. The summed E-state index contributed by atoms with van der Waals surface area (Å²) in [4.78, 5) is 22.5.